The summed E-state index contributed by atoms with van der Waals surface area (Å²) in [6, 6.07) is 0.198. The van der Waals surface area contributed by atoms with Gasteiger partial charge in [-0.3, -0.25) is 9.69 Å². The van der Waals surface area contributed by atoms with Crippen LogP contribution in [0.15, 0.2) is 4.52 Å². The van der Waals surface area contributed by atoms with Crippen molar-refractivity contribution in [3.05, 3.63) is 11.7 Å². The third-order valence-electron chi connectivity index (χ3n) is 5.80. The molecule has 0 saturated carbocycles. The fourth-order valence-electron chi connectivity index (χ4n) is 4.45. The van der Waals surface area contributed by atoms with Gasteiger partial charge >= 0.3 is 0 Å². The number of hydrogen-bond donors (Lipinski definition) is 2. The van der Waals surface area contributed by atoms with Crippen molar-refractivity contribution in [2.75, 3.05) is 40.0 Å². The minimum Gasteiger partial charge on any atom is -0.389 e. The zero-order valence-corrected chi connectivity index (χ0v) is 14.3. The maximum Gasteiger partial charge on any atom is 0.292 e. The number of piperidine rings is 1. The van der Waals surface area contributed by atoms with Gasteiger partial charge in [0.15, 0.2) is 0 Å². The van der Waals surface area contributed by atoms with Gasteiger partial charge in [-0.1, -0.05) is 5.16 Å². The molecule has 0 bridgehead atoms. The van der Waals surface area contributed by atoms with Crippen LogP contribution in [0.5, 0.6) is 0 Å². The first-order valence-corrected chi connectivity index (χ1v) is 8.78. The van der Waals surface area contributed by atoms with Crippen molar-refractivity contribution in [3.8, 4) is 0 Å². The molecule has 138 valence electrons. The Morgan fingerprint density at radius 2 is 2.24 bits per heavy atom. The summed E-state index contributed by atoms with van der Waals surface area (Å²) < 4.78 is 16.5. The van der Waals surface area contributed by atoms with Gasteiger partial charge in [-0.2, -0.15) is 4.98 Å². The highest BCUT2D eigenvalue weighted by atomic mass is 16.5. The zero-order valence-electron chi connectivity index (χ0n) is 14.3. The maximum absolute atomic E-state index is 11.6. The van der Waals surface area contributed by atoms with Crippen LogP contribution in [0, 0.1) is 11.8 Å². The van der Waals surface area contributed by atoms with Gasteiger partial charge in [0.05, 0.1) is 25.4 Å². The number of likely N-dealkylation sites (tertiary alicyclic amines) is 1. The summed E-state index contributed by atoms with van der Waals surface area (Å²) in [5.74, 6) is 0.157. The molecule has 3 saturated heterocycles. The largest absolute Gasteiger partial charge is 0.389 e. The van der Waals surface area contributed by atoms with Crippen LogP contribution in [0.2, 0.25) is 0 Å². The van der Waals surface area contributed by atoms with E-state index in [0.29, 0.717) is 51.8 Å². The van der Waals surface area contributed by atoms with Crippen LogP contribution in [0.1, 0.15) is 29.4 Å². The van der Waals surface area contributed by atoms with Gasteiger partial charge < -0.3 is 24.4 Å². The third-order valence-corrected chi connectivity index (χ3v) is 5.80. The average Bonchev–Trinajstić information content (AvgIpc) is 3.10. The van der Waals surface area contributed by atoms with E-state index < -0.39 is 5.60 Å². The van der Waals surface area contributed by atoms with Gasteiger partial charge in [0.1, 0.15) is 0 Å². The molecule has 0 unspecified atom stereocenters. The second kappa shape index (κ2) is 6.64. The summed E-state index contributed by atoms with van der Waals surface area (Å²) >= 11 is 0. The van der Waals surface area contributed by atoms with Gasteiger partial charge in [-0.15, -0.1) is 0 Å². The second-order valence-corrected chi connectivity index (χ2v) is 7.07. The van der Waals surface area contributed by atoms with E-state index in [2.05, 4.69) is 20.4 Å². The Morgan fingerprint density at radius 3 is 3.08 bits per heavy atom. The molecule has 25 heavy (non-hydrogen) atoms. The Morgan fingerprint density at radius 1 is 1.40 bits per heavy atom. The molecule has 0 aliphatic carbocycles. The third kappa shape index (κ3) is 2.95. The molecular formula is C16H24N4O5. The highest BCUT2D eigenvalue weighted by Crippen LogP contribution is 2.44. The molecule has 3 aliphatic rings. The molecule has 0 aromatic carbocycles. The lowest BCUT2D eigenvalue weighted by Crippen LogP contribution is -2.67. The molecule has 3 fully saturated rings. The average molecular weight is 352 g/mol. The molecule has 9 nitrogen and oxygen atoms in total. The summed E-state index contributed by atoms with van der Waals surface area (Å²) in [7, 11) is 1.53. The minimum atomic E-state index is -0.734. The summed E-state index contributed by atoms with van der Waals surface area (Å²) in [4.78, 5) is 18.0. The van der Waals surface area contributed by atoms with E-state index in [1.807, 2.05) is 0 Å². The van der Waals surface area contributed by atoms with E-state index in [1.54, 1.807) is 0 Å². The van der Waals surface area contributed by atoms with Crippen LogP contribution < -0.4 is 5.32 Å². The molecule has 4 rings (SSSR count). The van der Waals surface area contributed by atoms with Gasteiger partial charge in [0, 0.05) is 51.1 Å². The lowest BCUT2D eigenvalue weighted by Gasteiger charge is -2.57. The van der Waals surface area contributed by atoms with Crippen molar-refractivity contribution in [3.63, 3.8) is 0 Å². The van der Waals surface area contributed by atoms with Crippen molar-refractivity contribution < 1.29 is 23.9 Å². The highest BCUT2D eigenvalue weighted by Gasteiger charge is 2.55. The monoisotopic (exact) mass is 352 g/mol. The first kappa shape index (κ1) is 16.9. The molecule has 0 radical (unpaired) electrons. The van der Waals surface area contributed by atoms with E-state index in [-0.39, 0.29) is 29.6 Å². The normalized spacial score (nSPS) is 35.7. The van der Waals surface area contributed by atoms with Crippen LogP contribution in [0.4, 0.5) is 0 Å². The number of fused-ring (bicyclic) bond motifs is 3. The van der Waals surface area contributed by atoms with Gasteiger partial charge in [-0.05, 0) is 6.42 Å². The Kier molecular flexibility index (Phi) is 4.48. The van der Waals surface area contributed by atoms with Gasteiger partial charge in [-0.25, -0.2) is 0 Å². The number of aliphatic hydroxyl groups is 1. The van der Waals surface area contributed by atoms with Crippen LogP contribution in [-0.4, -0.2) is 77.7 Å². The predicted octanol–water partition coefficient (Wildman–Crippen LogP) is -0.582. The van der Waals surface area contributed by atoms with E-state index >= 15 is 0 Å². The van der Waals surface area contributed by atoms with E-state index in [0.717, 1.165) is 6.42 Å². The molecule has 0 spiro atoms. The molecule has 2 N–H and O–H groups in total. The lowest BCUT2D eigenvalue weighted by atomic mass is 9.66. The second-order valence-electron chi connectivity index (χ2n) is 7.07. The summed E-state index contributed by atoms with van der Waals surface area (Å²) in [6.07, 6.45) is 1.51. The molecule has 1 amide bonds. The van der Waals surface area contributed by atoms with Crippen molar-refractivity contribution in [1.29, 1.82) is 0 Å². The number of carbonyl (C=O) groups is 1. The fraction of sp³-hybridized carbons (Fsp3) is 0.812. The van der Waals surface area contributed by atoms with E-state index in [4.69, 9.17) is 14.0 Å². The number of carbonyl (C=O) groups excluding carboxylic acids is 1. The van der Waals surface area contributed by atoms with Crippen LogP contribution in [-0.2, 0) is 16.0 Å². The summed E-state index contributed by atoms with van der Waals surface area (Å²) in [5.41, 5.74) is -0.734. The van der Waals surface area contributed by atoms with E-state index in [9.17, 15) is 9.90 Å². The number of hydrogen-bond acceptors (Lipinski definition) is 8. The summed E-state index contributed by atoms with van der Waals surface area (Å²) in [5, 5.41) is 17.5. The van der Waals surface area contributed by atoms with Crippen LogP contribution in [0.3, 0.4) is 0 Å². The van der Waals surface area contributed by atoms with Crippen molar-refractivity contribution in [1.82, 2.24) is 20.4 Å². The van der Waals surface area contributed by atoms with Crippen LogP contribution in [0.25, 0.3) is 0 Å². The Bertz CT molecular complexity index is 638. The fourth-order valence-corrected chi connectivity index (χ4v) is 4.45. The molecule has 3 aliphatic heterocycles. The Labute approximate surface area is 145 Å². The number of nitrogens with one attached hydrogen (secondary N) is 1. The molecule has 4 heterocycles. The van der Waals surface area contributed by atoms with Crippen molar-refractivity contribution in [2.45, 2.75) is 31.0 Å². The number of ether oxygens (including phenoxy) is 2. The standard InChI is InChI=1S/C16H24N4O5/c1-17-15(21)14-18-13(25-19-14)7-20-6-10-8-24-5-3-16(10,22)11-9-23-4-2-12(11)20/h10-12,22H,2-9H2,1H3,(H,17,21)/t10-,11+,12-,16-/m1/s1. The molecule has 1 aromatic heterocycles. The highest BCUT2D eigenvalue weighted by molar-refractivity contribution is 5.89. The molecular weight excluding hydrogens is 328 g/mol. The van der Waals surface area contributed by atoms with E-state index in [1.165, 1.54) is 7.05 Å². The predicted molar refractivity (Wildman–Crippen MR) is 84.7 cm³/mol. The number of nitrogens with zero attached hydrogens (tertiary/aromatic N) is 3. The Balaban J connectivity index is 1.54. The smallest absolute Gasteiger partial charge is 0.292 e. The van der Waals surface area contributed by atoms with Crippen molar-refractivity contribution >= 4 is 5.91 Å². The summed E-state index contributed by atoms with van der Waals surface area (Å²) in [6.45, 7) is 3.54. The Hall–Kier alpha value is -1.55. The first-order chi connectivity index (χ1) is 12.1. The minimum absolute atomic E-state index is 0.0329. The molecule has 9 heteroatoms. The molecule has 4 atom stereocenters. The van der Waals surface area contributed by atoms with Crippen LogP contribution >= 0.6 is 0 Å². The maximum atomic E-state index is 11.6. The number of aromatic nitrogens is 2. The van der Waals surface area contributed by atoms with Crippen molar-refractivity contribution in [2.24, 2.45) is 11.8 Å². The van der Waals surface area contributed by atoms with Gasteiger partial charge in [0.2, 0.25) is 5.89 Å². The topological polar surface area (TPSA) is 110 Å². The first-order valence-electron chi connectivity index (χ1n) is 8.78. The number of amides is 1. The quantitative estimate of drug-likeness (QED) is 0.743. The lowest BCUT2D eigenvalue weighted by molar-refractivity contribution is -0.222. The number of rotatable bonds is 3. The zero-order chi connectivity index (χ0) is 17.4. The SMILES string of the molecule is CNC(=O)c1noc(CN2C[C@@H]3COCC[C@]3(O)[C@H]3COCC[C@H]32)n1. The molecule has 1 aromatic rings. The van der Waals surface area contributed by atoms with Gasteiger partial charge in [0.25, 0.3) is 11.7 Å².